The van der Waals surface area contributed by atoms with Gasteiger partial charge in [-0.1, -0.05) is 6.07 Å². The summed E-state index contributed by atoms with van der Waals surface area (Å²) in [6, 6.07) is 2.17. The Labute approximate surface area is 122 Å². The third-order valence-electron chi connectivity index (χ3n) is 2.93. The van der Waals surface area contributed by atoms with Gasteiger partial charge in [-0.15, -0.1) is 11.3 Å². The lowest BCUT2D eigenvalue weighted by atomic mass is 10.0. The molecule has 2 rings (SSSR count). The minimum atomic E-state index is -0.903. The molecule has 2 nitrogen and oxygen atoms in total. The van der Waals surface area contributed by atoms with Crippen LogP contribution in [0.2, 0.25) is 0 Å². The number of benzene rings is 1. The molecule has 1 unspecified atom stereocenters. The molecule has 0 spiro atoms. The molecule has 2 N–H and O–H groups in total. The number of nitrogens with zero attached hydrogens (tertiary/aromatic N) is 1. The van der Waals surface area contributed by atoms with Crippen molar-refractivity contribution in [2.45, 2.75) is 26.3 Å². The summed E-state index contributed by atoms with van der Waals surface area (Å²) in [5, 5.41) is 0.902. The van der Waals surface area contributed by atoms with Gasteiger partial charge in [-0.05, 0) is 41.4 Å². The van der Waals surface area contributed by atoms with E-state index in [0.29, 0.717) is 12.0 Å². The van der Waals surface area contributed by atoms with Gasteiger partial charge in [-0.3, -0.25) is 0 Å². The Bertz CT molecular complexity index is 593. The zero-order valence-electron chi connectivity index (χ0n) is 10.5. The van der Waals surface area contributed by atoms with Crippen molar-refractivity contribution in [3.05, 3.63) is 49.4 Å². The standard InChI is InChI=1S/C13H13BrF2N2S/c1-6-7(2)19-11(18-6)5-10(17)8-3-4-9(15)13(16)12(8)14/h3-4,10H,5,17H2,1-2H3. The zero-order valence-corrected chi connectivity index (χ0v) is 12.9. The lowest BCUT2D eigenvalue weighted by Gasteiger charge is -2.13. The second-order valence-electron chi connectivity index (χ2n) is 4.32. The Morgan fingerprint density at radius 2 is 2.05 bits per heavy atom. The second kappa shape index (κ2) is 5.64. The molecule has 0 radical (unpaired) electrons. The molecule has 0 fully saturated rings. The first-order valence-electron chi connectivity index (χ1n) is 5.72. The molecule has 1 atom stereocenters. The summed E-state index contributed by atoms with van der Waals surface area (Å²) in [6.45, 7) is 3.93. The van der Waals surface area contributed by atoms with Gasteiger partial charge in [0.1, 0.15) is 0 Å². The molecule has 0 aliphatic carbocycles. The minimum absolute atomic E-state index is 0.0880. The molecule has 0 bridgehead atoms. The molecule has 0 saturated heterocycles. The summed E-state index contributed by atoms with van der Waals surface area (Å²) in [5.41, 5.74) is 7.58. The summed E-state index contributed by atoms with van der Waals surface area (Å²) in [7, 11) is 0. The van der Waals surface area contributed by atoms with E-state index in [0.717, 1.165) is 21.6 Å². The molecule has 1 heterocycles. The number of hydrogen-bond donors (Lipinski definition) is 1. The van der Waals surface area contributed by atoms with Crippen molar-refractivity contribution < 1.29 is 8.78 Å². The monoisotopic (exact) mass is 346 g/mol. The van der Waals surface area contributed by atoms with Gasteiger partial charge in [0.05, 0.1) is 15.2 Å². The van der Waals surface area contributed by atoms with Crippen molar-refractivity contribution in [2.24, 2.45) is 5.73 Å². The molecule has 0 aliphatic rings. The van der Waals surface area contributed by atoms with Crippen LogP contribution >= 0.6 is 27.3 Å². The molecule has 19 heavy (non-hydrogen) atoms. The average molecular weight is 347 g/mol. The predicted octanol–water partition coefficient (Wildman–Crippen LogP) is 4.04. The Kier molecular flexibility index (Phi) is 4.32. The molecule has 6 heteroatoms. The lowest BCUT2D eigenvalue weighted by molar-refractivity contribution is 0.500. The third kappa shape index (κ3) is 3.01. The van der Waals surface area contributed by atoms with Gasteiger partial charge in [0, 0.05) is 17.3 Å². The van der Waals surface area contributed by atoms with Gasteiger partial charge < -0.3 is 5.73 Å². The number of aromatic nitrogens is 1. The van der Waals surface area contributed by atoms with Gasteiger partial charge in [-0.2, -0.15) is 0 Å². The highest BCUT2D eigenvalue weighted by molar-refractivity contribution is 9.10. The van der Waals surface area contributed by atoms with E-state index >= 15 is 0 Å². The summed E-state index contributed by atoms with van der Waals surface area (Å²) < 4.78 is 26.6. The number of rotatable bonds is 3. The molecule has 2 aromatic rings. The Hall–Kier alpha value is -0.850. The fourth-order valence-electron chi connectivity index (χ4n) is 1.75. The van der Waals surface area contributed by atoms with Crippen molar-refractivity contribution in [1.29, 1.82) is 0 Å². The van der Waals surface area contributed by atoms with Gasteiger partial charge in [0.2, 0.25) is 0 Å². The SMILES string of the molecule is Cc1nc(CC(N)c2ccc(F)c(F)c2Br)sc1C. The van der Waals surface area contributed by atoms with E-state index in [2.05, 4.69) is 20.9 Å². The van der Waals surface area contributed by atoms with Crippen LogP contribution in [0, 0.1) is 25.5 Å². The van der Waals surface area contributed by atoms with E-state index < -0.39 is 17.7 Å². The Balaban J connectivity index is 2.25. The van der Waals surface area contributed by atoms with Crippen LogP contribution in [-0.4, -0.2) is 4.98 Å². The van der Waals surface area contributed by atoms with E-state index in [1.54, 1.807) is 11.3 Å². The average Bonchev–Trinajstić information content (AvgIpc) is 2.65. The molecular weight excluding hydrogens is 334 g/mol. The molecule has 102 valence electrons. The van der Waals surface area contributed by atoms with Gasteiger partial charge >= 0.3 is 0 Å². The van der Waals surface area contributed by atoms with E-state index in [9.17, 15) is 8.78 Å². The van der Waals surface area contributed by atoms with Crippen LogP contribution in [0.25, 0.3) is 0 Å². The highest BCUT2D eigenvalue weighted by Crippen LogP contribution is 2.29. The Morgan fingerprint density at radius 1 is 1.37 bits per heavy atom. The summed E-state index contributed by atoms with van der Waals surface area (Å²) in [5.74, 6) is -1.79. The topological polar surface area (TPSA) is 38.9 Å². The fraction of sp³-hybridized carbons (Fsp3) is 0.308. The van der Waals surface area contributed by atoms with Crippen LogP contribution in [0.5, 0.6) is 0 Å². The predicted molar refractivity (Wildman–Crippen MR) is 76.3 cm³/mol. The number of nitrogens with two attached hydrogens (primary N) is 1. The quantitative estimate of drug-likeness (QED) is 0.851. The van der Waals surface area contributed by atoms with Crippen molar-refractivity contribution in [1.82, 2.24) is 4.98 Å². The van der Waals surface area contributed by atoms with E-state index in [1.807, 2.05) is 13.8 Å². The van der Waals surface area contributed by atoms with Gasteiger partial charge in [0.25, 0.3) is 0 Å². The molecule has 0 amide bonds. The smallest absolute Gasteiger partial charge is 0.173 e. The van der Waals surface area contributed by atoms with Gasteiger partial charge in [0.15, 0.2) is 11.6 Å². The zero-order chi connectivity index (χ0) is 14.2. The third-order valence-corrected chi connectivity index (χ3v) is 4.83. The maximum Gasteiger partial charge on any atom is 0.173 e. The van der Waals surface area contributed by atoms with E-state index in [-0.39, 0.29) is 4.47 Å². The summed E-state index contributed by atoms with van der Waals surface area (Å²) in [6.07, 6.45) is 0.503. The second-order valence-corrected chi connectivity index (χ2v) is 6.41. The van der Waals surface area contributed by atoms with Crippen molar-refractivity contribution in [3.63, 3.8) is 0 Å². The molecule has 0 saturated carbocycles. The normalized spacial score (nSPS) is 12.7. The van der Waals surface area contributed by atoms with Gasteiger partial charge in [-0.25, -0.2) is 13.8 Å². The maximum absolute atomic E-state index is 13.5. The van der Waals surface area contributed by atoms with Crippen LogP contribution < -0.4 is 5.73 Å². The summed E-state index contributed by atoms with van der Waals surface area (Å²) in [4.78, 5) is 5.55. The van der Waals surface area contributed by atoms with Crippen LogP contribution in [0.3, 0.4) is 0 Å². The van der Waals surface area contributed by atoms with Crippen LogP contribution in [0.4, 0.5) is 8.78 Å². The number of halogens is 3. The lowest BCUT2D eigenvalue weighted by Crippen LogP contribution is -2.14. The van der Waals surface area contributed by atoms with Crippen molar-refractivity contribution >= 4 is 27.3 Å². The highest BCUT2D eigenvalue weighted by atomic mass is 79.9. The maximum atomic E-state index is 13.5. The highest BCUT2D eigenvalue weighted by Gasteiger charge is 2.18. The largest absolute Gasteiger partial charge is 0.324 e. The number of aryl methyl sites for hydroxylation is 2. The molecule has 1 aromatic heterocycles. The van der Waals surface area contributed by atoms with Crippen molar-refractivity contribution in [3.8, 4) is 0 Å². The summed E-state index contributed by atoms with van der Waals surface area (Å²) >= 11 is 4.63. The number of thiazole rings is 1. The number of hydrogen-bond acceptors (Lipinski definition) is 3. The van der Waals surface area contributed by atoms with E-state index in [1.165, 1.54) is 6.07 Å². The van der Waals surface area contributed by atoms with Crippen LogP contribution in [0.1, 0.15) is 27.2 Å². The van der Waals surface area contributed by atoms with E-state index in [4.69, 9.17) is 5.73 Å². The minimum Gasteiger partial charge on any atom is -0.324 e. The van der Waals surface area contributed by atoms with Crippen molar-refractivity contribution in [2.75, 3.05) is 0 Å². The Morgan fingerprint density at radius 3 is 2.63 bits per heavy atom. The van der Waals surface area contributed by atoms with Crippen LogP contribution in [0.15, 0.2) is 16.6 Å². The molecule has 0 aliphatic heterocycles. The fourth-order valence-corrected chi connectivity index (χ4v) is 3.36. The van der Waals surface area contributed by atoms with Crippen LogP contribution in [-0.2, 0) is 6.42 Å². The molecule has 1 aromatic carbocycles. The first-order valence-corrected chi connectivity index (χ1v) is 7.33. The first kappa shape index (κ1) is 14.6. The molecular formula is C13H13BrF2N2S. The first-order chi connectivity index (χ1) is 8.90.